The van der Waals surface area contributed by atoms with Gasteiger partial charge in [-0.3, -0.25) is 0 Å². The van der Waals surface area contributed by atoms with Crippen molar-refractivity contribution in [2.24, 2.45) is 5.73 Å². The maximum Gasteiger partial charge on any atom is 0.0414 e. The molecular formula is C5H9BrN. The molecule has 0 aromatic carbocycles. The summed E-state index contributed by atoms with van der Waals surface area (Å²) in [6.45, 7) is 1.53. The first-order valence-corrected chi connectivity index (χ1v) is 3.30. The van der Waals surface area contributed by atoms with E-state index >= 15 is 0 Å². The van der Waals surface area contributed by atoms with Crippen LogP contribution in [0.3, 0.4) is 0 Å². The molecule has 2 N–H and O–H groups in total. The lowest BCUT2D eigenvalue weighted by Crippen LogP contribution is -1.82. The van der Waals surface area contributed by atoms with Crippen molar-refractivity contribution >= 4 is 15.9 Å². The van der Waals surface area contributed by atoms with Gasteiger partial charge in [0.25, 0.3) is 0 Å². The van der Waals surface area contributed by atoms with E-state index in [4.69, 9.17) is 5.73 Å². The molecule has 0 saturated carbocycles. The highest BCUT2D eigenvalue weighted by atomic mass is 79.9. The summed E-state index contributed by atoms with van der Waals surface area (Å²) < 4.78 is 0. The van der Waals surface area contributed by atoms with E-state index in [9.17, 15) is 0 Å². The topological polar surface area (TPSA) is 26.0 Å². The van der Waals surface area contributed by atoms with Crippen molar-refractivity contribution in [3.63, 3.8) is 0 Å². The number of halogens is 1. The standard InChI is InChI=1S/C5H9BrN/c6-4-2-1-3-5-7/h1,3,5H,2,4,7H2. The van der Waals surface area contributed by atoms with E-state index in [1.807, 2.05) is 12.2 Å². The van der Waals surface area contributed by atoms with Gasteiger partial charge < -0.3 is 5.73 Å². The van der Waals surface area contributed by atoms with Crippen LogP contribution < -0.4 is 5.73 Å². The van der Waals surface area contributed by atoms with Crippen LogP contribution in [-0.2, 0) is 0 Å². The second kappa shape index (κ2) is 6.18. The van der Waals surface area contributed by atoms with Crippen molar-refractivity contribution in [2.45, 2.75) is 6.42 Å². The summed E-state index contributed by atoms with van der Waals surface area (Å²) >= 11 is 3.27. The van der Waals surface area contributed by atoms with Crippen LogP contribution >= 0.6 is 15.9 Å². The molecule has 2 heteroatoms. The molecule has 0 atom stereocenters. The Kier molecular flexibility index (Phi) is 6.34. The van der Waals surface area contributed by atoms with Gasteiger partial charge in [-0.05, 0) is 6.42 Å². The molecule has 0 aromatic rings. The molecular weight excluding hydrogens is 154 g/mol. The molecule has 41 valence electrons. The molecule has 0 unspecified atom stereocenters. The van der Waals surface area contributed by atoms with Crippen LogP contribution in [0.15, 0.2) is 12.2 Å². The molecule has 0 heterocycles. The van der Waals surface area contributed by atoms with E-state index in [1.165, 1.54) is 6.54 Å². The number of nitrogens with two attached hydrogens (primary N) is 1. The number of alkyl halides is 1. The highest BCUT2D eigenvalue weighted by Crippen LogP contribution is 1.87. The number of allylic oxidation sites excluding steroid dienone is 1. The maximum atomic E-state index is 5.04. The van der Waals surface area contributed by atoms with Crippen LogP contribution in [-0.4, -0.2) is 5.33 Å². The molecule has 0 saturated heterocycles. The highest BCUT2D eigenvalue weighted by Gasteiger charge is 1.69. The van der Waals surface area contributed by atoms with Crippen LogP contribution in [0.4, 0.5) is 0 Å². The Morgan fingerprint density at radius 1 is 1.57 bits per heavy atom. The Hall–Kier alpha value is 0.180. The van der Waals surface area contributed by atoms with Gasteiger partial charge >= 0.3 is 0 Å². The lowest BCUT2D eigenvalue weighted by Gasteiger charge is -1.78. The van der Waals surface area contributed by atoms with Crippen molar-refractivity contribution in [1.29, 1.82) is 0 Å². The van der Waals surface area contributed by atoms with Gasteiger partial charge in [-0.15, -0.1) is 0 Å². The third-order valence-electron chi connectivity index (χ3n) is 0.523. The fraction of sp³-hybridized carbons (Fsp3) is 0.400. The first-order chi connectivity index (χ1) is 3.41. The predicted octanol–water partition coefficient (Wildman–Crippen LogP) is 1.45. The maximum absolute atomic E-state index is 5.04. The van der Waals surface area contributed by atoms with Crippen LogP contribution in [0.25, 0.3) is 0 Å². The van der Waals surface area contributed by atoms with E-state index in [0.29, 0.717) is 0 Å². The van der Waals surface area contributed by atoms with Crippen LogP contribution in [0, 0.1) is 6.54 Å². The van der Waals surface area contributed by atoms with E-state index in [-0.39, 0.29) is 0 Å². The minimum absolute atomic E-state index is 1.01. The lowest BCUT2D eigenvalue weighted by atomic mass is 10.4. The Bertz CT molecular complexity index is 52.0. The Morgan fingerprint density at radius 2 is 2.29 bits per heavy atom. The van der Waals surface area contributed by atoms with Crippen molar-refractivity contribution in [2.75, 3.05) is 5.33 Å². The largest absolute Gasteiger partial charge is 0.323 e. The monoisotopic (exact) mass is 162 g/mol. The van der Waals surface area contributed by atoms with Crippen molar-refractivity contribution in [1.82, 2.24) is 0 Å². The molecule has 0 aliphatic rings. The van der Waals surface area contributed by atoms with Crippen LogP contribution in [0.2, 0.25) is 0 Å². The van der Waals surface area contributed by atoms with Crippen molar-refractivity contribution in [3.05, 3.63) is 18.7 Å². The third-order valence-corrected chi connectivity index (χ3v) is 0.981. The zero-order valence-corrected chi connectivity index (χ0v) is 5.69. The fourth-order valence-electron chi connectivity index (χ4n) is 0.238. The summed E-state index contributed by atoms with van der Waals surface area (Å²) in [4.78, 5) is 0. The molecule has 0 fully saturated rings. The normalized spacial score (nSPS) is 10.6. The summed E-state index contributed by atoms with van der Waals surface area (Å²) in [6, 6.07) is 0. The van der Waals surface area contributed by atoms with Gasteiger partial charge in [-0.1, -0.05) is 28.1 Å². The molecule has 0 aliphatic heterocycles. The summed E-state index contributed by atoms with van der Waals surface area (Å²) in [5, 5.41) is 1.01. The molecule has 1 nitrogen and oxygen atoms in total. The average Bonchev–Trinajstić information content (AvgIpc) is 1.69. The van der Waals surface area contributed by atoms with Gasteiger partial charge in [0, 0.05) is 11.9 Å². The van der Waals surface area contributed by atoms with Gasteiger partial charge in [-0.2, -0.15) is 0 Å². The van der Waals surface area contributed by atoms with E-state index in [0.717, 1.165) is 11.8 Å². The average molecular weight is 163 g/mol. The summed E-state index contributed by atoms with van der Waals surface area (Å²) in [6.07, 6.45) is 4.89. The minimum Gasteiger partial charge on any atom is -0.323 e. The lowest BCUT2D eigenvalue weighted by molar-refractivity contribution is 1.25. The molecule has 1 radical (unpaired) electrons. The molecule has 0 rings (SSSR count). The van der Waals surface area contributed by atoms with Gasteiger partial charge in [-0.25, -0.2) is 0 Å². The fourth-order valence-corrected chi connectivity index (χ4v) is 0.502. The second-order valence-corrected chi connectivity index (χ2v) is 1.89. The number of hydrogen-bond acceptors (Lipinski definition) is 1. The zero-order chi connectivity index (χ0) is 5.54. The Balaban J connectivity index is 2.78. The molecule has 0 amide bonds. The van der Waals surface area contributed by atoms with Gasteiger partial charge in [0.1, 0.15) is 0 Å². The number of rotatable bonds is 3. The quantitative estimate of drug-likeness (QED) is 0.626. The third kappa shape index (κ3) is 6.18. The second-order valence-electron chi connectivity index (χ2n) is 1.10. The summed E-state index contributed by atoms with van der Waals surface area (Å²) in [7, 11) is 0. The first kappa shape index (κ1) is 7.18. The summed E-state index contributed by atoms with van der Waals surface area (Å²) in [5.74, 6) is 0. The molecule has 0 spiro atoms. The SMILES string of the molecule is N[CH]C=CCCBr. The smallest absolute Gasteiger partial charge is 0.0414 e. The van der Waals surface area contributed by atoms with Crippen molar-refractivity contribution < 1.29 is 0 Å². The van der Waals surface area contributed by atoms with Crippen molar-refractivity contribution in [3.8, 4) is 0 Å². The van der Waals surface area contributed by atoms with E-state index < -0.39 is 0 Å². The molecule has 0 aromatic heterocycles. The molecule has 0 bridgehead atoms. The van der Waals surface area contributed by atoms with Gasteiger partial charge in [0.2, 0.25) is 0 Å². The zero-order valence-electron chi connectivity index (χ0n) is 4.10. The first-order valence-electron chi connectivity index (χ1n) is 2.18. The number of hydrogen-bond donors (Lipinski definition) is 1. The molecule has 7 heavy (non-hydrogen) atoms. The van der Waals surface area contributed by atoms with Crippen LogP contribution in [0.1, 0.15) is 6.42 Å². The van der Waals surface area contributed by atoms with Crippen LogP contribution in [0.5, 0.6) is 0 Å². The van der Waals surface area contributed by atoms with Gasteiger partial charge in [0.05, 0.1) is 0 Å². The highest BCUT2D eigenvalue weighted by molar-refractivity contribution is 9.09. The van der Waals surface area contributed by atoms with Gasteiger partial charge in [0.15, 0.2) is 0 Å². The van der Waals surface area contributed by atoms with E-state index in [2.05, 4.69) is 15.9 Å². The predicted molar refractivity (Wildman–Crippen MR) is 36.0 cm³/mol. The van der Waals surface area contributed by atoms with E-state index in [1.54, 1.807) is 0 Å². The Morgan fingerprint density at radius 3 is 2.71 bits per heavy atom. The summed E-state index contributed by atoms with van der Waals surface area (Å²) in [5.41, 5.74) is 5.04. The Labute approximate surface area is 52.7 Å². The molecule has 0 aliphatic carbocycles. The minimum atomic E-state index is 1.01.